The fourth-order valence-electron chi connectivity index (χ4n) is 3.23. The van der Waals surface area contributed by atoms with E-state index in [-0.39, 0.29) is 17.9 Å². The maximum Gasteiger partial charge on any atom is 0.251 e. The minimum Gasteiger partial charge on any atom is -0.378 e. The lowest BCUT2D eigenvalue weighted by Gasteiger charge is -2.19. The Labute approximate surface area is 153 Å². The molecule has 2 fully saturated rings. The molecule has 2 aliphatic heterocycles. The van der Waals surface area contributed by atoms with Crippen LogP contribution >= 0.6 is 11.8 Å². The van der Waals surface area contributed by atoms with Crippen molar-refractivity contribution in [2.24, 2.45) is 5.92 Å². The highest BCUT2D eigenvalue weighted by molar-refractivity contribution is 7.99. The van der Waals surface area contributed by atoms with E-state index in [1.165, 1.54) is 0 Å². The molecule has 0 aliphatic carbocycles. The van der Waals surface area contributed by atoms with Crippen LogP contribution in [0, 0.1) is 5.92 Å². The van der Waals surface area contributed by atoms with Gasteiger partial charge in [0.05, 0.1) is 11.9 Å². The lowest BCUT2D eigenvalue weighted by molar-refractivity contribution is -0.131. The van der Waals surface area contributed by atoms with Gasteiger partial charge in [-0.25, -0.2) is 0 Å². The second kappa shape index (κ2) is 8.10. The van der Waals surface area contributed by atoms with Gasteiger partial charge in [0.2, 0.25) is 5.91 Å². The summed E-state index contributed by atoms with van der Waals surface area (Å²) in [5.74, 6) is 2.28. The van der Waals surface area contributed by atoms with Crippen LogP contribution in [-0.2, 0) is 4.79 Å². The Kier molecular flexibility index (Phi) is 5.86. The van der Waals surface area contributed by atoms with Gasteiger partial charge in [-0.05, 0) is 30.5 Å². The molecule has 0 bridgehead atoms. The maximum absolute atomic E-state index is 12.4. The first-order valence-electron chi connectivity index (χ1n) is 8.70. The number of carbonyl (C=O) groups excluding carboxylic acids is 2. The number of rotatable bonds is 5. The Bertz CT molecular complexity index is 631. The molecule has 3 rings (SSSR count). The van der Waals surface area contributed by atoms with Crippen LogP contribution in [-0.4, -0.2) is 68.1 Å². The third kappa shape index (κ3) is 4.46. The number of carbonyl (C=O) groups is 2. The van der Waals surface area contributed by atoms with Gasteiger partial charge in [-0.3, -0.25) is 9.59 Å². The zero-order chi connectivity index (χ0) is 17.8. The summed E-state index contributed by atoms with van der Waals surface area (Å²) in [6.07, 6.45) is 0.790. The van der Waals surface area contributed by atoms with Crippen molar-refractivity contribution in [3.63, 3.8) is 0 Å². The van der Waals surface area contributed by atoms with E-state index >= 15 is 0 Å². The Balaban J connectivity index is 1.48. The van der Waals surface area contributed by atoms with Crippen molar-refractivity contribution in [2.75, 3.05) is 50.3 Å². The van der Waals surface area contributed by atoms with Crippen LogP contribution in [0.5, 0.6) is 0 Å². The van der Waals surface area contributed by atoms with Crippen molar-refractivity contribution in [3.8, 4) is 0 Å². The summed E-state index contributed by atoms with van der Waals surface area (Å²) in [5.41, 5.74) is 1.67. The minimum absolute atomic E-state index is 0.0607. The largest absolute Gasteiger partial charge is 0.378 e. The number of nitrogens with one attached hydrogen (secondary N) is 2. The molecule has 136 valence electrons. The number of amides is 2. The van der Waals surface area contributed by atoms with Gasteiger partial charge in [0.25, 0.3) is 5.91 Å². The molecule has 2 N–H and O–H groups in total. The number of anilines is 1. The fourth-order valence-corrected chi connectivity index (χ4v) is 4.18. The summed E-state index contributed by atoms with van der Waals surface area (Å²) >= 11 is 1.80. The van der Waals surface area contributed by atoms with Gasteiger partial charge >= 0.3 is 0 Å². The second-order valence-electron chi connectivity index (χ2n) is 6.86. The summed E-state index contributed by atoms with van der Waals surface area (Å²) in [4.78, 5) is 28.7. The monoisotopic (exact) mass is 362 g/mol. The molecule has 1 aromatic carbocycles. The molecule has 6 nitrogen and oxygen atoms in total. The predicted octanol–water partition coefficient (Wildman–Crippen LogP) is 0.993. The third-order valence-corrected chi connectivity index (χ3v) is 5.73. The van der Waals surface area contributed by atoms with Gasteiger partial charge < -0.3 is 20.4 Å². The molecule has 0 radical (unpaired) electrons. The standard InChI is InChI=1S/C18H26N4O2S/c1-21(2)15-5-3-4-14(9-15)17(23)20-11-13-8-16(19-10-13)18(24)22-6-7-25-12-22/h3-5,9,13,16,19H,6-8,10-12H2,1-2H3,(H,20,23). The molecule has 2 atom stereocenters. The van der Waals surface area contributed by atoms with Crippen molar-refractivity contribution < 1.29 is 9.59 Å². The van der Waals surface area contributed by atoms with Gasteiger partial charge in [-0.15, -0.1) is 11.8 Å². The first-order chi connectivity index (χ1) is 12.0. The molecule has 0 aromatic heterocycles. The molecule has 1 aromatic rings. The average Bonchev–Trinajstić information content (AvgIpc) is 3.31. The average molecular weight is 362 g/mol. The summed E-state index contributed by atoms with van der Waals surface area (Å²) in [7, 11) is 3.91. The highest BCUT2D eigenvalue weighted by atomic mass is 32.2. The topological polar surface area (TPSA) is 64.7 Å². The maximum atomic E-state index is 12.4. The highest BCUT2D eigenvalue weighted by Crippen LogP contribution is 2.20. The quantitative estimate of drug-likeness (QED) is 0.818. The predicted molar refractivity (Wildman–Crippen MR) is 102 cm³/mol. The van der Waals surface area contributed by atoms with E-state index in [0.29, 0.717) is 18.0 Å². The third-order valence-electron chi connectivity index (χ3n) is 4.76. The molecule has 25 heavy (non-hydrogen) atoms. The van der Waals surface area contributed by atoms with E-state index in [0.717, 1.165) is 36.8 Å². The summed E-state index contributed by atoms with van der Waals surface area (Å²) < 4.78 is 0. The van der Waals surface area contributed by atoms with E-state index < -0.39 is 0 Å². The normalized spacial score (nSPS) is 22.9. The molecule has 2 amide bonds. The van der Waals surface area contributed by atoms with Crippen LogP contribution in [0.25, 0.3) is 0 Å². The summed E-state index contributed by atoms with van der Waals surface area (Å²) in [5, 5.41) is 6.32. The number of hydrogen-bond acceptors (Lipinski definition) is 5. The number of thioether (sulfide) groups is 1. The summed E-state index contributed by atoms with van der Waals surface area (Å²) in [6, 6.07) is 7.48. The number of benzene rings is 1. The van der Waals surface area contributed by atoms with Crippen LogP contribution < -0.4 is 15.5 Å². The zero-order valence-electron chi connectivity index (χ0n) is 14.8. The van der Waals surface area contributed by atoms with E-state index in [1.54, 1.807) is 11.8 Å². The molecule has 0 saturated carbocycles. The van der Waals surface area contributed by atoms with Gasteiger partial charge in [0.1, 0.15) is 0 Å². The molecule has 2 aliphatic rings. The number of nitrogens with zero attached hydrogens (tertiary/aromatic N) is 2. The Morgan fingerprint density at radius 3 is 2.96 bits per heavy atom. The molecular weight excluding hydrogens is 336 g/mol. The zero-order valence-corrected chi connectivity index (χ0v) is 15.6. The van der Waals surface area contributed by atoms with Crippen LogP contribution in [0.15, 0.2) is 24.3 Å². The lowest BCUT2D eigenvalue weighted by atomic mass is 10.0. The molecular formula is C18H26N4O2S. The second-order valence-corrected chi connectivity index (χ2v) is 7.93. The van der Waals surface area contributed by atoms with Crippen LogP contribution in [0.1, 0.15) is 16.8 Å². The van der Waals surface area contributed by atoms with Crippen molar-refractivity contribution in [1.29, 1.82) is 0 Å². The van der Waals surface area contributed by atoms with E-state index in [4.69, 9.17) is 0 Å². The van der Waals surface area contributed by atoms with Crippen molar-refractivity contribution in [2.45, 2.75) is 12.5 Å². The van der Waals surface area contributed by atoms with Gasteiger partial charge in [0.15, 0.2) is 0 Å². The van der Waals surface area contributed by atoms with Crippen LogP contribution in [0.3, 0.4) is 0 Å². The van der Waals surface area contributed by atoms with Gasteiger partial charge in [-0.2, -0.15) is 0 Å². The molecule has 2 saturated heterocycles. The van der Waals surface area contributed by atoms with Crippen molar-refractivity contribution in [3.05, 3.63) is 29.8 Å². The Morgan fingerprint density at radius 2 is 2.24 bits per heavy atom. The van der Waals surface area contributed by atoms with Crippen LogP contribution in [0.4, 0.5) is 5.69 Å². The van der Waals surface area contributed by atoms with E-state index in [2.05, 4.69) is 10.6 Å². The molecule has 7 heteroatoms. The molecule has 0 spiro atoms. The Morgan fingerprint density at radius 1 is 1.40 bits per heavy atom. The summed E-state index contributed by atoms with van der Waals surface area (Å²) in [6.45, 7) is 2.22. The SMILES string of the molecule is CN(C)c1cccc(C(=O)NCC2CNC(C(=O)N3CCSC3)C2)c1. The smallest absolute Gasteiger partial charge is 0.251 e. The minimum atomic E-state index is -0.0994. The van der Waals surface area contributed by atoms with Crippen molar-refractivity contribution >= 4 is 29.3 Å². The Hall–Kier alpha value is -1.73. The van der Waals surface area contributed by atoms with Gasteiger partial charge in [-0.1, -0.05) is 6.07 Å². The van der Waals surface area contributed by atoms with Crippen LogP contribution in [0.2, 0.25) is 0 Å². The molecule has 2 unspecified atom stereocenters. The van der Waals surface area contributed by atoms with E-state index in [1.807, 2.05) is 48.2 Å². The highest BCUT2D eigenvalue weighted by Gasteiger charge is 2.33. The lowest BCUT2D eigenvalue weighted by Crippen LogP contribution is -2.42. The first kappa shape index (κ1) is 18.1. The number of hydrogen-bond donors (Lipinski definition) is 2. The van der Waals surface area contributed by atoms with Gasteiger partial charge in [0, 0.05) is 50.7 Å². The van der Waals surface area contributed by atoms with Crippen molar-refractivity contribution in [1.82, 2.24) is 15.5 Å². The fraction of sp³-hybridized carbons (Fsp3) is 0.556. The van der Waals surface area contributed by atoms with E-state index in [9.17, 15) is 9.59 Å². The first-order valence-corrected chi connectivity index (χ1v) is 9.85. The molecule has 2 heterocycles.